The summed E-state index contributed by atoms with van der Waals surface area (Å²) in [6, 6.07) is 11.9. The van der Waals surface area contributed by atoms with Gasteiger partial charge in [-0.3, -0.25) is 14.6 Å². The fourth-order valence-electron chi connectivity index (χ4n) is 2.30. The summed E-state index contributed by atoms with van der Waals surface area (Å²) < 4.78 is 0. The molecule has 1 aromatic heterocycles. The first kappa shape index (κ1) is 14.8. The van der Waals surface area contributed by atoms with Crippen molar-refractivity contribution < 1.29 is 14.7 Å². The van der Waals surface area contributed by atoms with E-state index in [0.29, 0.717) is 12.1 Å². The molecule has 6 nitrogen and oxygen atoms in total. The predicted octanol–water partition coefficient (Wildman–Crippen LogP) is 0.985. The summed E-state index contributed by atoms with van der Waals surface area (Å²) in [5, 5.41) is 14.5. The fourth-order valence-corrected chi connectivity index (χ4v) is 2.30. The van der Waals surface area contributed by atoms with Crippen LogP contribution in [0, 0.1) is 0 Å². The van der Waals surface area contributed by atoms with Crippen molar-refractivity contribution in [3.63, 3.8) is 0 Å². The van der Waals surface area contributed by atoms with Crippen molar-refractivity contribution in [2.75, 3.05) is 0 Å². The molecule has 2 aromatic rings. The Labute approximate surface area is 132 Å². The van der Waals surface area contributed by atoms with Crippen LogP contribution in [0.2, 0.25) is 0 Å². The average molecular weight is 309 g/mol. The van der Waals surface area contributed by atoms with Crippen LogP contribution in [0.25, 0.3) is 6.08 Å². The third-order valence-corrected chi connectivity index (χ3v) is 3.47. The van der Waals surface area contributed by atoms with Gasteiger partial charge >= 0.3 is 0 Å². The van der Waals surface area contributed by atoms with E-state index in [2.05, 4.69) is 15.6 Å². The lowest BCUT2D eigenvalue weighted by Crippen LogP contribution is -2.55. The smallest absolute Gasteiger partial charge is 0.268 e. The summed E-state index contributed by atoms with van der Waals surface area (Å²) >= 11 is 0. The first-order chi connectivity index (χ1) is 11.1. The van der Waals surface area contributed by atoms with Gasteiger partial charge in [-0.05, 0) is 23.8 Å². The molecule has 0 radical (unpaired) electrons. The number of aromatic nitrogens is 1. The van der Waals surface area contributed by atoms with Gasteiger partial charge in [0.1, 0.15) is 17.5 Å². The van der Waals surface area contributed by atoms with Crippen molar-refractivity contribution in [1.29, 1.82) is 0 Å². The molecule has 1 unspecified atom stereocenters. The largest absolute Gasteiger partial charge is 0.506 e. The highest BCUT2D eigenvalue weighted by molar-refractivity contribution is 6.07. The highest BCUT2D eigenvalue weighted by atomic mass is 16.3. The first-order valence-electron chi connectivity index (χ1n) is 7.14. The summed E-state index contributed by atoms with van der Waals surface area (Å²) in [4.78, 5) is 28.3. The molecular formula is C17H15N3O3. The Kier molecular flexibility index (Phi) is 4.05. The van der Waals surface area contributed by atoms with Crippen LogP contribution in [0.3, 0.4) is 0 Å². The van der Waals surface area contributed by atoms with Gasteiger partial charge in [-0.15, -0.1) is 0 Å². The number of aromatic hydroxyl groups is 1. The fraction of sp³-hybridized carbons (Fsp3) is 0.118. The number of hydrogen-bond donors (Lipinski definition) is 3. The molecule has 1 saturated heterocycles. The summed E-state index contributed by atoms with van der Waals surface area (Å²) in [7, 11) is 0. The topological polar surface area (TPSA) is 91.3 Å². The number of carbonyl (C=O) groups is 2. The zero-order valence-electron chi connectivity index (χ0n) is 12.2. The van der Waals surface area contributed by atoms with E-state index in [9.17, 15) is 14.7 Å². The Morgan fingerprint density at radius 1 is 1.13 bits per heavy atom. The van der Waals surface area contributed by atoms with E-state index in [0.717, 1.165) is 5.56 Å². The van der Waals surface area contributed by atoms with E-state index >= 15 is 0 Å². The minimum Gasteiger partial charge on any atom is -0.506 e. The molecule has 0 aliphatic carbocycles. The van der Waals surface area contributed by atoms with E-state index in [1.54, 1.807) is 6.07 Å². The molecule has 1 aliphatic rings. The molecule has 6 heteroatoms. The highest BCUT2D eigenvalue weighted by Gasteiger charge is 2.29. The third-order valence-electron chi connectivity index (χ3n) is 3.47. The highest BCUT2D eigenvalue weighted by Crippen LogP contribution is 2.12. The Hall–Kier alpha value is -3.15. The van der Waals surface area contributed by atoms with Gasteiger partial charge in [0.15, 0.2) is 0 Å². The van der Waals surface area contributed by atoms with Gasteiger partial charge in [0.2, 0.25) is 5.91 Å². The van der Waals surface area contributed by atoms with Crippen molar-refractivity contribution in [2.24, 2.45) is 0 Å². The molecule has 2 amide bonds. The maximum Gasteiger partial charge on any atom is 0.268 e. The SMILES string of the molecule is O=C1NC(Cc2ccccc2)C(=O)N/C1=C\c1ccc(O)cn1. The molecule has 23 heavy (non-hydrogen) atoms. The second kappa shape index (κ2) is 6.31. The number of pyridine rings is 1. The summed E-state index contributed by atoms with van der Waals surface area (Å²) in [6.07, 6.45) is 3.17. The molecule has 0 spiro atoms. The molecule has 1 aliphatic heterocycles. The summed E-state index contributed by atoms with van der Waals surface area (Å²) in [5.74, 6) is -0.592. The van der Waals surface area contributed by atoms with Crippen molar-refractivity contribution in [3.05, 3.63) is 65.6 Å². The molecule has 1 fully saturated rings. The number of nitrogens with one attached hydrogen (secondary N) is 2. The van der Waals surface area contributed by atoms with E-state index in [-0.39, 0.29) is 23.3 Å². The van der Waals surface area contributed by atoms with Crippen molar-refractivity contribution >= 4 is 17.9 Å². The molecule has 1 atom stereocenters. The van der Waals surface area contributed by atoms with Crippen LogP contribution in [0.5, 0.6) is 5.75 Å². The lowest BCUT2D eigenvalue weighted by molar-refractivity contribution is -0.131. The van der Waals surface area contributed by atoms with Gasteiger partial charge in [-0.2, -0.15) is 0 Å². The van der Waals surface area contributed by atoms with Gasteiger partial charge in [0, 0.05) is 6.42 Å². The summed E-state index contributed by atoms with van der Waals surface area (Å²) in [6.45, 7) is 0. The molecule has 3 N–H and O–H groups in total. The Morgan fingerprint density at radius 2 is 1.91 bits per heavy atom. The second-order valence-electron chi connectivity index (χ2n) is 5.20. The minimum absolute atomic E-state index is 0.0345. The summed E-state index contributed by atoms with van der Waals surface area (Å²) in [5.41, 5.74) is 1.58. The molecule has 2 heterocycles. The lowest BCUT2D eigenvalue weighted by atomic mass is 10.0. The van der Waals surface area contributed by atoms with Gasteiger partial charge in [-0.25, -0.2) is 0 Å². The minimum atomic E-state index is -0.602. The number of hydrogen-bond acceptors (Lipinski definition) is 4. The van der Waals surface area contributed by atoms with E-state index in [1.807, 2.05) is 30.3 Å². The van der Waals surface area contributed by atoms with Crippen LogP contribution in [0.15, 0.2) is 54.4 Å². The average Bonchev–Trinajstić information content (AvgIpc) is 2.55. The normalized spacial score (nSPS) is 19.3. The molecule has 0 bridgehead atoms. The zero-order valence-corrected chi connectivity index (χ0v) is 12.2. The number of piperazine rings is 1. The third kappa shape index (κ3) is 3.55. The number of amides is 2. The molecule has 116 valence electrons. The number of rotatable bonds is 3. The van der Waals surface area contributed by atoms with Crippen LogP contribution >= 0.6 is 0 Å². The predicted molar refractivity (Wildman–Crippen MR) is 84.1 cm³/mol. The second-order valence-corrected chi connectivity index (χ2v) is 5.20. The van der Waals surface area contributed by atoms with E-state index in [1.165, 1.54) is 18.3 Å². The Bertz CT molecular complexity index is 754. The standard InChI is InChI=1S/C17H15N3O3/c21-13-7-6-12(18-10-13)9-15-17(23)19-14(16(22)20-15)8-11-4-2-1-3-5-11/h1-7,9-10,14,21H,8H2,(H,19,23)(H,20,22)/b15-9-. The van der Waals surface area contributed by atoms with E-state index in [4.69, 9.17) is 0 Å². The van der Waals surface area contributed by atoms with Crippen molar-refractivity contribution in [2.45, 2.75) is 12.5 Å². The van der Waals surface area contributed by atoms with Gasteiger partial charge in [0.25, 0.3) is 5.91 Å². The van der Waals surface area contributed by atoms with Crippen molar-refractivity contribution in [3.8, 4) is 5.75 Å². The quantitative estimate of drug-likeness (QED) is 0.737. The molecule has 1 aromatic carbocycles. The van der Waals surface area contributed by atoms with E-state index < -0.39 is 6.04 Å². The van der Waals surface area contributed by atoms with Gasteiger partial charge in [-0.1, -0.05) is 30.3 Å². The first-order valence-corrected chi connectivity index (χ1v) is 7.14. The zero-order chi connectivity index (χ0) is 16.2. The Balaban J connectivity index is 1.73. The number of nitrogens with zero attached hydrogens (tertiary/aromatic N) is 1. The Morgan fingerprint density at radius 3 is 2.61 bits per heavy atom. The van der Waals surface area contributed by atoms with Crippen LogP contribution in [-0.4, -0.2) is 27.9 Å². The van der Waals surface area contributed by atoms with Crippen LogP contribution < -0.4 is 10.6 Å². The maximum atomic E-state index is 12.2. The van der Waals surface area contributed by atoms with Gasteiger partial charge < -0.3 is 15.7 Å². The monoisotopic (exact) mass is 309 g/mol. The van der Waals surface area contributed by atoms with Crippen LogP contribution in [0.1, 0.15) is 11.3 Å². The molecule has 3 rings (SSSR count). The van der Waals surface area contributed by atoms with Crippen LogP contribution in [-0.2, 0) is 16.0 Å². The number of carbonyl (C=O) groups excluding carboxylic acids is 2. The maximum absolute atomic E-state index is 12.2. The number of benzene rings is 1. The molecule has 0 saturated carbocycles. The van der Waals surface area contributed by atoms with Crippen molar-refractivity contribution in [1.82, 2.24) is 15.6 Å². The lowest BCUT2D eigenvalue weighted by Gasteiger charge is -2.25. The molecular weight excluding hydrogens is 294 g/mol. The van der Waals surface area contributed by atoms with Gasteiger partial charge in [0.05, 0.1) is 11.9 Å². The van der Waals surface area contributed by atoms with Crippen LogP contribution in [0.4, 0.5) is 0 Å².